The van der Waals surface area contributed by atoms with Crippen LogP contribution in [0.1, 0.15) is 11.1 Å². The third-order valence-electron chi connectivity index (χ3n) is 3.11. The van der Waals surface area contributed by atoms with Gasteiger partial charge >= 0.3 is 0 Å². The van der Waals surface area contributed by atoms with Crippen LogP contribution in [0.4, 0.5) is 5.82 Å². The van der Waals surface area contributed by atoms with Crippen molar-refractivity contribution in [1.82, 2.24) is 19.5 Å². The average Bonchev–Trinajstić information content (AvgIpc) is 3.08. The lowest BCUT2D eigenvalue weighted by molar-refractivity contribution is 0.919. The third kappa shape index (κ3) is 3.15. The minimum Gasteiger partial charge on any atom is -0.365 e. The molecule has 3 rings (SSSR count). The quantitative estimate of drug-likeness (QED) is 0.783. The normalized spacial score (nSPS) is 10.4. The van der Waals surface area contributed by atoms with Gasteiger partial charge in [-0.3, -0.25) is 4.57 Å². The van der Waals surface area contributed by atoms with Crippen molar-refractivity contribution in [3.63, 3.8) is 0 Å². The van der Waals surface area contributed by atoms with Crippen molar-refractivity contribution in [2.45, 2.75) is 6.54 Å². The van der Waals surface area contributed by atoms with Gasteiger partial charge in [0, 0.05) is 30.2 Å². The topological polar surface area (TPSA) is 55.6 Å². The standard InChI is InChI=1S/C16H14ClN5/c1-12(17)14-10-20-16(22-8-7-18-11-22)21-15(14)19-9-13-5-3-2-4-6-13/h2-8,10-11H,1,9H2,(H,19,20,21). The monoisotopic (exact) mass is 311 g/mol. The van der Waals surface area contributed by atoms with Crippen molar-refractivity contribution < 1.29 is 0 Å². The molecule has 0 aliphatic rings. The molecule has 0 aliphatic heterocycles. The molecule has 2 heterocycles. The smallest absolute Gasteiger partial charge is 0.236 e. The Morgan fingerprint density at radius 2 is 2.09 bits per heavy atom. The molecule has 2 aromatic heterocycles. The van der Waals surface area contributed by atoms with Gasteiger partial charge in [-0.2, -0.15) is 4.98 Å². The van der Waals surface area contributed by atoms with Gasteiger partial charge in [0.15, 0.2) is 0 Å². The van der Waals surface area contributed by atoms with Crippen LogP contribution in [-0.2, 0) is 6.54 Å². The lowest BCUT2D eigenvalue weighted by atomic mass is 10.2. The molecule has 3 aromatic rings. The van der Waals surface area contributed by atoms with Gasteiger partial charge in [0.2, 0.25) is 5.95 Å². The van der Waals surface area contributed by atoms with E-state index in [0.717, 1.165) is 5.56 Å². The van der Waals surface area contributed by atoms with Gasteiger partial charge in [-0.15, -0.1) is 0 Å². The van der Waals surface area contributed by atoms with E-state index in [4.69, 9.17) is 11.6 Å². The minimum atomic E-state index is 0.396. The van der Waals surface area contributed by atoms with Crippen LogP contribution in [0.15, 0.2) is 61.8 Å². The summed E-state index contributed by atoms with van der Waals surface area (Å²) >= 11 is 6.03. The Labute approximate surface area is 133 Å². The van der Waals surface area contributed by atoms with Crippen LogP contribution in [-0.4, -0.2) is 19.5 Å². The highest BCUT2D eigenvalue weighted by atomic mass is 35.5. The van der Waals surface area contributed by atoms with E-state index in [2.05, 4.69) is 26.8 Å². The van der Waals surface area contributed by atoms with Crippen molar-refractivity contribution in [3.8, 4) is 5.95 Å². The van der Waals surface area contributed by atoms with Crippen LogP contribution in [0, 0.1) is 0 Å². The maximum atomic E-state index is 6.03. The van der Waals surface area contributed by atoms with Crippen molar-refractivity contribution in [3.05, 3.63) is 73.0 Å². The molecule has 0 spiro atoms. The maximum absolute atomic E-state index is 6.03. The summed E-state index contributed by atoms with van der Waals surface area (Å²) in [4.78, 5) is 12.8. The molecule has 0 saturated carbocycles. The van der Waals surface area contributed by atoms with E-state index >= 15 is 0 Å². The van der Waals surface area contributed by atoms with Crippen LogP contribution >= 0.6 is 11.6 Å². The fraction of sp³-hybridized carbons (Fsp3) is 0.0625. The molecule has 0 bridgehead atoms. The maximum Gasteiger partial charge on any atom is 0.236 e. The second kappa shape index (κ2) is 6.41. The molecule has 0 unspecified atom stereocenters. The fourth-order valence-electron chi connectivity index (χ4n) is 1.99. The van der Waals surface area contributed by atoms with Crippen LogP contribution in [0.2, 0.25) is 0 Å². The molecule has 0 aliphatic carbocycles. The summed E-state index contributed by atoms with van der Waals surface area (Å²) in [6, 6.07) is 10.1. The first-order valence-electron chi connectivity index (χ1n) is 6.72. The third-order valence-corrected chi connectivity index (χ3v) is 3.31. The summed E-state index contributed by atoms with van der Waals surface area (Å²) in [7, 11) is 0. The second-order valence-corrected chi connectivity index (χ2v) is 5.10. The Hall–Kier alpha value is -2.66. The summed E-state index contributed by atoms with van der Waals surface area (Å²) in [5.74, 6) is 1.16. The highest BCUT2D eigenvalue weighted by Gasteiger charge is 2.10. The van der Waals surface area contributed by atoms with Crippen LogP contribution in [0.3, 0.4) is 0 Å². The summed E-state index contributed by atoms with van der Waals surface area (Å²) in [5.41, 5.74) is 1.83. The lowest BCUT2D eigenvalue weighted by Gasteiger charge is -2.11. The SMILES string of the molecule is C=C(Cl)c1cnc(-n2ccnc2)nc1NCc1ccccc1. The van der Waals surface area contributed by atoms with Gasteiger partial charge in [-0.25, -0.2) is 9.97 Å². The molecule has 22 heavy (non-hydrogen) atoms. The number of anilines is 1. The number of hydrogen-bond donors (Lipinski definition) is 1. The van der Waals surface area contributed by atoms with E-state index < -0.39 is 0 Å². The van der Waals surface area contributed by atoms with E-state index in [0.29, 0.717) is 28.9 Å². The van der Waals surface area contributed by atoms with Crippen molar-refractivity contribution >= 4 is 22.5 Å². The van der Waals surface area contributed by atoms with Crippen LogP contribution in [0.5, 0.6) is 0 Å². The Morgan fingerprint density at radius 3 is 2.77 bits per heavy atom. The van der Waals surface area contributed by atoms with E-state index in [1.54, 1.807) is 29.5 Å². The number of hydrogen-bond acceptors (Lipinski definition) is 4. The number of nitrogens with one attached hydrogen (secondary N) is 1. The van der Waals surface area contributed by atoms with E-state index in [1.165, 1.54) is 0 Å². The number of imidazole rings is 1. The molecule has 110 valence electrons. The molecule has 0 atom stereocenters. The predicted molar refractivity (Wildman–Crippen MR) is 87.8 cm³/mol. The van der Waals surface area contributed by atoms with Crippen LogP contribution < -0.4 is 5.32 Å². The highest BCUT2D eigenvalue weighted by molar-refractivity contribution is 6.48. The van der Waals surface area contributed by atoms with Gasteiger partial charge < -0.3 is 5.32 Å². The predicted octanol–water partition coefficient (Wildman–Crippen LogP) is 3.48. The first-order valence-corrected chi connectivity index (χ1v) is 7.10. The molecule has 0 fully saturated rings. The summed E-state index contributed by atoms with van der Waals surface area (Å²) in [6.45, 7) is 4.40. The highest BCUT2D eigenvalue weighted by Crippen LogP contribution is 2.24. The Kier molecular flexibility index (Phi) is 4.16. The molecular weight excluding hydrogens is 298 g/mol. The lowest BCUT2D eigenvalue weighted by Crippen LogP contribution is -2.08. The summed E-state index contributed by atoms with van der Waals surface area (Å²) in [5, 5.41) is 3.68. The number of nitrogens with zero attached hydrogens (tertiary/aromatic N) is 4. The van der Waals surface area contributed by atoms with Gasteiger partial charge in [0.05, 0.1) is 5.56 Å². The minimum absolute atomic E-state index is 0.396. The van der Waals surface area contributed by atoms with Gasteiger partial charge in [-0.1, -0.05) is 48.5 Å². The first kappa shape index (κ1) is 14.3. The Bertz CT molecular complexity index is 768. The number of benzene rings is 1. The van der Waals surface area contributed by atoms with Gasteiger partial charge in [0.25, 0.3) is 0 Å². The zero-order chi connectivity index (χ0) is 15.4. The summed E-state index contributed by atoms with van der Waals surface area (Å²) in [6.07, 6.45) is 6.76. The van der Waals surface area contributed by atoms with Gasteiger partial charge in [0.1, 0.15) is 12.1 Å². The van der Waals surface area contributed by atoms with Crippen molar-refractivity contribution in [2.24, 2.45) is 0 Å². The molecule has 0 amide bonds. The largest absolute Gasteiger partial charge is 0.365 e. The van der Waals surface area contributed by atoms with E-state index in [9.17, 15) is 0 Å². The molecule has 1 N–H and O–H groups in total. The zero-order valence-electron chi connectivity index (χ0n) is 11.8. The molecule has 1 aromatic carbocycles. The molecule has 5 nitrogen and oxygen atoms in total. The second-order valence-electron chi connectivity index (χ2n) is 4.65. The Morgan fingerprint density at radius 1 is 1.27 bits per heavy atom. The number of halogens is 1. The fourth-order valence-corrected chi connectivity index (χ4v) is 2.13. The molecule has 0 radical (unpaired) electrons. The average molecular weight is 312 g/mol. The molecular formula is C16H14ClN5. The van der Waals surface area contributed by atoms with E-state index in [1.807, 2.05) is 30.3 Å². The number of aromatic nitrogens is 4. The van der Waals surface area contributed by atoms with Crippen molar-refractivity contribution in [2.75, 3.05) is 5.32 Å². The Balaban J connectivity index is 1.89. The van der Waals surface area contributed by atoms with Crippen LogP contribution in [0.25, 0.3) is 11.0 Å². The zero-order valence-corrected chi connectivity index (χ0v) is 12.5. The molecule has 6 heteroatoms. The van der Waals surface area contributed by atoms with Gasteiger partial charge in [-0.05, 0) is 5.56 Å². The number of rotatable bonds is 5. The molecule has 0 saturated heterocycles. The first-order chi connectivity index (χ1) is 10.7. The van der Waals surface area contributed by atoms with Crippen molar-refractivity contribution in [1.29, 1.82) is 0 Å². The van der Waals surface area contributed by atoms with E-state index in [-0.39, 0.29) is 0 Å². The summed E-state index contributed by atoms with van der Waals surface area (Å²) < 4.78 is 1.73.